The maximum atomic E-state index is 11.5. The second kappa shape index (κ2) is 52.2. The first-order valence-electron chi connectivity index (χ1n) is 29.4. The van der Waals surface area contributed by atoms with E-state index in [1.807, 2.05) is 48.5 Å². The third-order valence-corrected chi connectivity index (χ3v) is 14.2. The Morgan fingerprint density at radius 3 is 1.21 bits per heavy atom. The maximum Gasteiger partial charge on any atom is 0.407 e. The Morgan fingerprint density at radius 1 is 0.544 bits per heavy atom. The van der Waals surface area contributed by atoms with Gasteiger partial charge in [0.05, 0.1) is 55.2 Å². The molecule has 3 aliphatic rings. The number of imide groups is 3. The van der Waals surface area contributed by atoms with Crippen LogP contribution in [0.25, 0.3) is 0 Å². The second-order valence-corrected chi connectivity index (χ2v) is 25.7. The van der Waals surface area contributed by atoms with Gasteiger partial charge in [0.2, 0.25) is 5.24 Å². The molecule has 31 heteroatoms. The number of rotatable bonds is 26. The van der Waals surface area contributed by atoms with E-state index in [0.29, 0.717) is 58.7 Å². The van der Waals surface area contributed by atoms with Crippen molar-refractivity contribution in [1.82, 2.24) is 20.5 Å². The summed E-state index contributed by atoms with van der Waals surface area (Å²) in [4.78, 5) is 178. The summed E-state index contributed by atoms with van der Waals surface area (Å²) in [6.45, 7) is 31.8. The molecule has 0 saturated carbocycles. The number of esters is 3. The molecule has 3 heterocycles. The Balaban J connectivity index is -0.000000328. The number of hydrogen-bond acceptors (Lipinski definition) is 25. The zero-order chi connectivity index (χ0) is 69.7. The van der Waals surface area contributed by atoms with Crippen LogP contribution >= 0.6 is 23.4 Å². The molecule has 0 atom stereocenters. The van der Waals surface area contributed by atoms with Crippen molar-refractivity contribution in [1.29, 1.82) is 0 Å². The van der Waals surface area contributed by atoms with Crippen molar-refractivity contribution in [2.45, 2.75) is 220 Å². The minimum Gasteiger partial charge on any atom is -0.466 e. The molecule has 0 aromatic heterocycles. The topological polar surface area (TPSA) is 377 Å². The number of sulfone groups is 1. The van der Waals surface area contributed by atoms with E-state index in [-0.39, 0.29) is 125 Å². The van der Waals surface area contributed by atoms with Gasteiger partial charge in [-0.1, -0.05) is 102 Å². The highest BCUT2D eigenvalue weighted by Crippen LogP contribution is 2.16. The van der Waals surface area contributed by atoms with Crippen LogP contribution in [0.4, 0.5) is 4.79 Å². The van der Waals surface area contributed by atoms with Crippen LogP contribution < -0.4 is 5.32 Å². The maximum absolute atomic E-state index is 11.5. The van der Waals surface area contributed by atoms with E-state index in [2.05, 4.69) is 33.5 Å². The average molecular weight is 1350 g/mol. The molecule has 3 rings (SSSR count). The zero-order valence-electron chi connectivity index (χ0n) is 54.8. The fourth-order valence-electron chi connectivity index (χ4n) is 5.43. The lowest BCUT2D eigenvalue weighted by molar-refractivity contribution is -0.197. The van der Waals surface area contributed by atoms with Crippen LogP contribution in [-0.4, -0.2) is 161 Å². The smallest absolute Gasteiger partial charge is 0.407 e. The predicted octanol–water partition coefficient (Wildman–Crippen LogP) is 8.05. The van der Waals surface area contributed by atoms with Crippen LogP contribution in [0.3, 0.4) is 0 Å². The summed E-state index contributed by atoms with van der Waals surface area (Å²) in [7, 11) is -3.34. The molecule has 90 heavy (non-hydrogen) atoms. The number of ether oxygens (including phenoxy) is 4. The van der Waals surface area contributed by atoms with Crippen molar-refractivity contribution in [2.24, 2.45) is 29.6 Å². The van der Waals surface area contributed by atoms with Crippen molar-refractivity contribution >= 4 is 121 Å². The van der Waals surface area contributed by atoms with Crippen LogP contribution in [0.2, 0.25) is 0 Å². The lowest BCUT2D eigenvalue weighted by Gasteiger charge is -2.13. The van der Waals surface area contributed by atoms with Crippen molar-refractivity contribution < 1.29 is 114 Å². The van der Waals surface area contributed by atoms with Gasteiger partial charge in [0.25, 0.3) is 35.4 Å². The highest BCUT2D eigenvalue weighted by Gasteiger charge is 2.35. The molecule has 0 aliphatic carbocycles. The Kier molecular flexibility index (Phi) is 53.6. The standard InChI is InChI=1S/C15H24N2O7.C11H17NO4.C10H15NO6S.C6H10O3.C6H12O2.C6H12OS.C4H7ClO.CH4/c1-11(2)22-9-4-10-23-15(21)16-8-3-5-14(20)24-17-12(18)6-7-13(17)19;1-8(2)4-3-5-11(15)16-12-9(13)6-7-10(12)14;1-7(2)18(15,16)6-5-10(14)17-11-8(12)3-4-9(11)13;1-4(2)6(8)9-5(3)7;2*1-4-8-6(7)5(2)3;1-3(2)4(5)6;/h11H,3-10H2,1-2H3,(H,16,21);8H,3-7H2,1-2H3;7H,3-6H2,1-2H3;4H,1-3H3;2*5H,4H2,1-3H3;3H,1-2H3;1H4. The summed E-state index contributed by atoms with van der Waals surface area (Å²) in [5, 5.41) is 3.44. The minimum atomic E-state index is -3.34. The highest BCUT2D eigenvalue weighted by atomic mass is 35.5. The molecule has 520 valence electrons. The molecule has 28 nitrogen and oxygen atoms in total. The van der Waals surface area contributed by atoms with E-state index in [9.17, 15) is 80.3 Å². The summed E-state index contributed by atoms with van der Waals surface area (Å²) in [5.41, 5.74) is 0. The molecule has 1 N–H and O–H groups in total. The normalized spacial score (nSPS) is 13.2. The molecule has 0 radical (unpaired) electrons. The number of carbonyl (C=O) groups is 15. The first kappa shape index (κ1) is 92.3. The van der Waals surface area contributed by atoms with Crippen LogP contribution in [0.1, 0.15) is 209 Å². The molecule has 3 saturated heterocycles. The number of nitrogens with zero attached hydrogens (tertiary/aromatic N) is 3. The molecule has 3 fully saturated rings. The predicted molar refractivity (Wildman–Crippen MR) is 332 cm³/mol. The van der Waals surface area contributed by atoms with Crippen LogP contribution in [0, 0.1) is 29.6 Å². The molecule has 0 bridgehead atoms. The first-order chi connectivity index (χ1) is 41.2. The van der Waals surface area contributed by atoms with E-state index in [1.54, 1.807) is 34.6 Å². The molecule has 3 aliphatic heterocycles. The number of thioether (sulfide) groups is 1. The van der Waals surface area contributed by atoms with Gasteiger partial charge in [-0.15, -0.1) is 15.2 Å². The summed E-state index contributed by atoms with van der Waals surface area (Å²) >= 11 is 6.37. The van der Waals surface area contributed by atoms with E-state index in [0.717, 1.165) is 12.2 Å². The Morgan fingerprint density at radius 2 is 0.933 bits per heavy atom. The Labute approximate surface area is 540 Å². The summed E-state index contributed by atoms with van der Waals surface area (Å²) in [5.74, 6) is -5.28. The van der Waals surface area contributed by atoms with Gasteiger partial charge in [0.1, 0.15) is 0 Å². The summed E-state index contributed by atoms with van der Waals surface area (Å²) < 4.78 is 42.0. The zero-order valence-corrected chi connectivity index (χ0v) is 57.2. The molecule has 0 unspecified atom stereocenters. The number of amides is 7. The van der Waals surface area contributed by atoms with Gasteiger partial charge in [-0.05, 0) is 70.7 Å². The summed E-state index contributed by atoms with van der Waals surface area (Å²) in [6.07, 6.45) is 2.38. The molecule has 0 spiro atoms. The van der Waals surface area contributed by atoms with E-state index in [4.69, 9.17) is 30.7 Å². The SMILES string of the molecule is C.CC(=O)OC(=O)C(C)C.CC(C)C(=O)Cl.CC(C)CCCC(=O)ON1C(=O)CCC1=O.CC(C)OCCCOC(=O)NCCCC(=O)ON1C(=O)CCC1=O.CC(C)S(=O)(=O)CCC(=O)ON1C(=O)CCC1=O.CCOC(=O)C(C)C.CCSC(=O)C(C)C. The average Bonchev–Trinajstić information content (AvgIpc) is 3.07. The quantitative estimate of drug-likeness (QED) is 0.0214. The molecular formula is C59H101ClN4O24S2. The Bertz CT molecular complexity index is 2340. The van der Waals surface area contributed by atoms with Crippen LogP contribution in [0.15, 0.2) is 0 Å². The van der Waals surface area contributed by atoms with Gasteiger partial charge in [-0.3, -0.25) is 52.7 Å². The molecule has 0 aromatic rings. The molecule has 7 amide bonds. The van der Waals surface area contributed by atoms with Gasteiger partial charge >= 0.3 is 41.9 Å². The monoisotopic (exact) mass is 1350 g/mol. The lowest BCUT2D eigenvalue weighted by atomic mass is 10.1. The van der Waals surface area contributed by atoms with Crippen molar-refractivity contribution in [3.8, 4) is 0 Å². The largest absolute Gasteiger partial charge is 0.466 e. The van der Waals surface area contributed by atoms with Gasteiger partial charge in [-0.25, -0.2) is 27.6 Å². The number of carbonyl (C=O) groups excluding carboxylic acids is 15. The van der Waals surface area contributed by atoms with E-state index < -0.39 is 86.5 Å². The fraction of sp³-hybridized carbons (Fsp3) is 0.746. The minimum absolute atomic E-state index is 0. The molecular weight excluding hydrogens is 1250 g/mol. The third-order valence-electron chi connectivity index (χ3n) is 10.6. The van der Waals surface area contributed by atoms with Crippen molar-refractivity contribution in [3.63, 3.8) is 0 Å². The number of alkyl carbamates (subject to hydrolysis) is 1. The highest BCUT2D eigenvalue weighted by molar-refractivity contribution is 8.13. The van der Waals surface area contributed by atoms with Crippen molar-refractivity contribution in [3.05, 3.63) is 0 Å². The van der Waals surface area contributed by atoms with Gasteiger partial charge in [-0.2, -0.15) is 0 Å². The van der Waals surface area contributed by atoms with Crippen molar-refractivity contribution in [2.75, 3.05) is 37.9 Å². The Hall–Kier alpha value is -6.40. The first-order valence-corrected chi connectivity index (χ1v) is 32.4. The van der Waals surface area contributed by atoms with Crippen LogP contribution in [0.5, 0.6) is 0 Å². The summed E-state index contributed by atoms with van der Waals surface area (Å²) in [6, 6.07) is 0. The van der Waals surface area contributed by atoms with E-state index >= 15 is 0 Å². The number of hydrogen-bond donors (Lipinski definition) is 1. The lowest BCUT2D eigenvalue weighted by Crippen LogP contribution is -2.33. The number of halogens is 1. The third kappa shape index (κ3) is 49.4. The number of nitrogens with one attached hydrogen (secondary N) is 1. The van der Waals surface area contributed by atoms with Gasteiger partial charge < -0.3 is 38.8 Å². The second-order valence-electron chi connectivity index (χ2n) is 21.4. The van der Waals surface area contributed by atoms with Gasteiger partial charge in [0, 0.05) is 83.1 Å². The van der Waals surface area contributed by atoms with E-state index in [1.165, 1.54) is 32.5 Å². The van der Waals surface area contributed by atoms with Crippen LogP contribution in [-0.2, 0) is 110 Å². The molecule has 0 aromatic carbocycles. The van der Waals surface area contributed by atoms with Gasteiger partial charge in [0.15, 0.2) is 15.0 Å². The number of hydroxylamine groups is 6. The fourth-order valence-corrected chi connectivity index (χ4v) is 6.97.